The molecular weight excluding hydrogens is 217 g/mol. The zero-order chi connectivity index (χ0) is 12.8. The number of nitrogens with one attached hydrogen (secondary N) is 1. The van der Waals surface area contributed by atoms with Crippen molar-refractivity contribution >= 4 is 5.82 Å². The zero-order valence-corrected chi connectivity index (χ0v) is 11.1. The summed E-state index contributed by atoms with van der Waals surface area (Å²) >= 11 is 0. The molecule has 1 aromatic rings. The molecule has 0 radical (unpaired) electrons. The number of aromatic nitrogens is 1. The Morgan fingerprint density at radius 1 is 1.47 bits per heavy atom. The second-order valence-corrected chi connectivity index (χ2v) is 4.21. The summed E-state index contributed by atoms with van der Waals surface area (Å²) in [6.45, 7) is 7.92. The van der Waals surface area contributed by atoms with Gasteiger partial charge in [-0.15, -0.1) is 0 Å². The number of hydrogen-bond donors (Lipinski definition) is 1. The van der Waals surface area contributed by atoms with E-state index in [-0.39, 0.29) is 5.82 Å². The second kappa shape index (κ2) is 6.55. The fourth-order valence-corrected chi connectivity index (χ4v) is 1.94. The van der Waals surface area contributed by atoms with E-state index in [2.05, 4.69) is 36.0 Å². The Labute approximate surface area is 103 Å². The highest BCUT2D eigenvalue weighted by atomic mass is 19.1. The summed E-state index contributed by atoms with van der Waals surface area (Å²) in [5.74, 6) is 0.608. The standard InChI is InChI=1S/C13H22FN3/c1-5-10(3)17(6-2)13-11(8-15-4)7-12(14)9-16-13/h7,9-10,15H,5-6,8H2,1-4H3. The number of anilines is 1. The van der Waals surface area contributed by atoms with Crippen molar-refractivity contribution in [3.05, 3.63) is 23.6 Å². The van der Waals surface area contributed by atoms with Gasteiger partial charge in [0.15, 0.2) is 0 Å². The fraction of sp³-hybridized carbons (Fsp3) is 0.615. The molecule has 17 heavy (non-hydrogen) atoms. The minimum Gasteiger partial charge on any atom is -0.354 e. The van der Waals surface area contributed by atoms with Crippen LogP contribution in [-0.4, -0.2) is 24.6 Å². The Bertz CT molecular complexity index is 355. The van der Waals surface area contributed by atoms with Crippen molar-refractivity contribution in [2.24, 2.45) is 0 Å². The monoisotopic (exact) mass is 239 g/mol. The molecule has 1 aromatic heterocycles. The second-order valence-electron chi connectivity index (χ2n) is 4.21. The molecule has 0 aliphatic heterocycles. The highest BCUT2D eigenvalue weighted by Crippen LogP contribution is 2.21. The molecule has 4 heteroatoms. The molecule has 0 spiro atoms. The van der Waals surface area contributed by atoms with Gasteiger partial charge in [0.2, 0.25) is 0 Å². The van der Waals surface area contributed by atoms with Crippen LogP contribution in [0.3, 0.4) is 0 Å². The lowest BCUT2D eigenvalue weighted by Gasteiger charge is -2.30. The molecule has 0 aliphatic rings. The van der Waals surface area contributed by atoms with Gasteiger partial charge in [0.05, 0.1) is 6.20 Å². The maximum absolute atomic E-state index is 13.2. The van der Waals surface area contributed by atoms with Gasteiger partial charge in [-0.05, 0) is 33.4 Å². The van der Waals surface area contributed by atoms with E-state index in [4.69, 9.17) is 0 Å². The van der Waals surface area contributed by atoms with E-state index in [1.54, 1.807) is 6.07 Å². The predicted molar refractivity (Wildman–Crippen MR) is 69.7 cm³/mol. The Hall–Kier alpha value is -1.16. The normalized spacial score (nSPS) is 12.5. The molecule has 0 aliphatic carbocycles. The molecular formula is C13H22FN3. The first-order chi connectivity index (χ1) is 8.13. The van der Waals surface area contributed by atoms with Crippen LogP contribution >= 0.6 is 0 Å². The third kappa shape index (κ3) is 3.40. The zero-order valence-electron chi connectivity index (χ0n) is 11.1. The molecule has 96 valence electrons. The molecule has 0 bridgehead atoms. The number of nitrogens with zero attached hydrogens (tertiary/aromatic N) is 2. The van der Waals surface area contributed by atoms with Gasteiger partial charge in [-0.2, -0.15) is 0 Å². The minimum absolute atomic E-state index is 0.279. The molecule has 1 N–H and O–H groups in total. The van der Waals surface area contributed by atoms with Crippen molar-refractivity contribution in [3.63, 3.8) is 0 Å². The van der Waals surface area contributed by atoms with Gasteiger partial charge in [0.25, 0.3) is 0 Å². The summed E-state index contributed by atoms with van der Waals surface area (Å²) < 4.78 is 13.2. The summed E-state index contributed by atoms with van der Waals surface area (Å²) in [4.78, 5) is 6.46. The molecule has 0 saturated carbocycles. The fourth-order valence-electron chi connectivity index (χ4n) is 1.94. The van der Waals surface area contributed by atoms with Crippen molar-refractivity contribution in [3.8, 4) is 0 Å². The molecule has 1 heterocycles. The van der Waals surface area contributed by atoms with Crippen LogP contribution < -0.4 is 10.2 Å². The average molecular weight is 239 g/mol. The first kappa shape index (κ1) is 13.9. The highest BCUT2D eigenvalue weighted by Gasteiger charge is 2.16. The first-order valence-corrected chi connectivity index (χ1v) is 6.19. The Kier molecular flexibility index (Phi) is 5.35. The number of pyridine rings is 1. The van der Waals surface area contributed by atoms with Crippen molar-refractivity contribution in [1.29, 1.82) is 0 Å². The van der Waals surface area contributed by atoms with Crippen molar-refractivity contribution in [1.82, 2.24) is 10.3 Å². The summed E-state index contributed by atoms with van der Waals surface area (Å²) in [5, 5.41) is 3.05. The first-order valence-electron chi connectivity index (χ1n) is 6.19. The minimum atomic E-state index is -0.279. The summed E-state index contributed by atoms with van der Waals surface area (Å²) in [7, 11) is 1.86. The van der Waals surface area contributed by atoms with Gasteiger partial charge in [0.1, 0.15) is 11.6 Å². The van der Waals surface area contributed by atoms with E-state index >= 15 is 0 Å². The molecule has 0 aromatic carbocycles. The molecule has 1 atom stereocenters. The number of hydrogen-bond acceptors (Lipinski definition) is 3. The van der Waals surface area contributed by atoms with Crippen LogP contribution in [0.25, 0.3) is 0 Å². The summed E-state index contributed by atoms with van der Waals surface area (Å²) in [6.07, 6.45) is 2.34. The third-order valence-corrected chi connectivity index (χ3v) is 3.01. The predicted octanol–water partition coefficient (Wildman–Crippen LogP) is 2.56. The van der Waals surface area contributed by atoms with Gasteiger partial charge in [-0.25, -0.2) is 9.37 Å². The molecule has 1 rings (SSSR count). The van der Waals surface area contributed by atoms with Crippen molar-refractivity contribution < 1.29 is 4.39 Å². The van der Waals surface area contributed by atoms with Crippen LogP contribution in [0.15, 0.2) is 12.3 Å². The lowest BCUT2D eigenvalue weighted by Crippen LogP contribution is -2.34. The van der Waals surface area contributed by atoms with Crippen molar-refractivity contribution in [2.45, 2.75) is 39.8 Å². The largest absolute Gasteiger partial charge is 0.354 e. The van der Waals surface area contributed by atoms with Crippen LogP contribution in [0.4, 0.5) is 10.2 Å². The van der Waals surface area contributed by atoms with Gasteiger partial charge < -0.3 is 10.2 Å². The average Bonchev–Trinajstić information content (AvgIpc) is 2.32. The molecule has 1 unspecified atom stereocenters. The number of rotatable bonds is 6. The quantitative estimate of drug-likeness (QED) is 0.827. The van der Waals surface area contributed by atoms with E-state index in [1.807, 2.05) is 7.05 Å². The van der Waals surface area contributed by atoms with Crippen LogP contribution in [0.2, 0.25) is 0 Å². The Balaban J connectivity index is 3.08. The van der Waals surface area contributed by atoms with Crippen LogP contribution in [0, 0.1) is 5.82 Å². The van der Waals surface area contributed by atoms with Crippen LogP contribution in [-0.2, 0) is 6.54 Å². The lowest BCUT2D eigenvalue weighted by atomic mass is 10.1. The third-order valence-electron chi connectivity index (χ3n) is 3.01. The summed E-state index contributed by atoms with van der Waals surface area (Å²) in [6, 6.07) is 1.97. The Morgan fingerprint density at radius 3 is 2.71 bits per heavy atom. The molecule has 3 nitrogen and oxygen atoms in total. The molecule has 0 fully saturated rings. The highest BCUT2D eigenvalue weighted by molar-refractivity contribution is 5.47. The van der Waals surface area contributed by atoms with Gasteiger partial charge in [-0.3, -0.25) is 0 Å². The topological polar surface area (TPSA) is 28.2 Å². The van der Waals surface area contributed by atoms with E-state index in [9.17, 15) is 4.39 Å². The SMILES string of the molecule is CCC(C)N(CC)c1ncc(F)cc1CNC. The van der Waals surface area contributed by atoms with Gasteiger partial charge in [0, 0.05) is 24.7 Å². The van der Waals surface area contributed by atoms with E-state index < -0.39 is 0 Å². The van der Waals surface area contributed by atoms with Crippen LogP contribution in [0.1, 0.15) is 32.8 Å². The van der Waals surface area contributed by atoms with E-state index in [1.165, 1.54) is 6.20 Å². The van der Waals surface area contributed by atoms with E-state index in [0.717, 1.165) is 24.3 Å². The van der Waals surface area contributed by atoms with Gasteiger partial charge >= 0.3 is 0 Å². The van der Waals surface area contributed by atoms with Crippen LogP contribution in [0.5, 0.6) is 0 Å². The maximum Gasteiger partial charge on any atom is 0.141 e. The molecule has 0 amide bonds. The van der Waals surface area contributed by atoms with Crippen molar-refractivity contribution in [2.75, 3.05) is 18.5 Å². The summed E-state index contributed by atoms with van der Waals surface area (Å²) in [5.41, 5.74) is 0.912. The van der Waals surface area contributed by atoms with Gasteiger partial charge in [-0.1, -0.05) is 6.92 Å². The van der Waals surface area contributed by atoms with E-state index in [0.29, 0.717) is 12.6 Å². The number of halogens is 1. The smallest absolute Gasteiger partial charge is 0.141 e. The molecule has 0 saturated heterocycles. The lowest BCUT2D eigenvalue weighted by molar-refractivity contribution is 0.598. The maximum atomic E-state index is 13.2. The Morgan fingerprint density at radius 2 is 2.18 bits per heavy atom.